The van der Waals surface area contributed by atoms with Gasteiger partial charge in [0.25, 0.3) is 5.69 Å². The highest BCUT2D eigenvalue weighted by atomic mass is 16.6. The van der Waals surface area contributed by atoms with Gasteiger partial charge in [-0.05, 0) is 12.5 Å². The number of nitrogens with zero attached hydrogens (tertiary/aromatic N) is 2. The van der Waals surface area contributed by atoms with Crippen LogP contribution in [0.5, 0.6) is 0 Å². The lowest BCUT2D eigenvalue weighted by atomic mass is 10.1. The van der Waals surface area contributed by atoms with Crippen molar-refractivity contribution in [3.05, 3.63) is 33.4 Å². The van der Waals surface area contributed by atoms with Crippen molar-refractivity contribution < 1.29 is 19.2 Å². The summed E-state index contributed by atoms with van der Waals surface area (Å²) in [5.41, 5.74) is 0.00102. The summed E-state index contributed by atoms with van der Waals surface area (Å²) >= 11 is 0. The molecule has 0 spiro atoms. The molecule has 0 aromatic heterocycles. The van der Waals surface area contributed by atoms with Gasteiger partial charge in [-0.3, -0.25) is 10.1 Å². The van der Waals surface area contributed by atoms with E-state index >= 15 is 0 Å². The minimum atomic E-state index is -0.728. The molecule has 0 aliphatic carbocycles. The first kappa shape index (κ1) is 12.5. The molecule has 1 aromatic rings. The van der Waals surface area contributed by atoms with Crippen molar-refractivity contribution in [2.45, 2.75) is 6.92 Å². The normalized spacial score (nSPS) is 9.29. The fraction of sp³-hybridized carbons (Fsp3) is 0.200. The van der Waals surface area contributed by atoms with E-state index in [1.807, 2.05) is 0 Å². The van der Waals surface area contributed by atoms with Crippen molar-refractivity contribution in [3.63, 3.8) is 0 Å². The minimum Gasteiger partial charge on any atom is -0.465 e. The molecular formula is C10H8N2O5. The molecule has 0 N–H and O–H groups in total. The first-order valence-corrected chi connectivity index (χ1v) is 4.46. The topological polar surface area (TPSA) is 98.9 Å². The van der Waals surface area contributed by atoms with Crippen LogP contribution in [0.25, 0.3) is 0 Å². The maximum Gasteiger partial charge on any atom is 0.338 e. The van der Waals surface area contributed by atoms with Crippen LogP contribution in [0.3, 0.4) is 0 Å². The SMILES string of the molecule is COC(=O)c1cc([N+](=O)[O-])cc(N=C=O)c1C. The smallest absolute Gasteiger partial charge is 0.338 e. The van der Waals surface area contributed by atoms with Crippen molar-refractivity contribution in [1.82, 2.24) is 0 Å². The number of benzene rings is 1. The third kappa shape index (κ3) is 2.53. The van der Waals surface area contributed by atoms with Gasteiger partial charge in [-0.25, -0.2) is 9.59 Å². The number of nitro benzene ring substituents is 1. The summed E-state index contributed by atoms with van der Waals surface area (Å²) in [7, 11) is 1.16. The molecule has 0 heterocycles. The number of methoxy groups -OCH3 is 1. The quantitative estimate of drug-likeness (QED) is 0.261. The van der Waals surface area contributed by atoms with E-state index in [-0.39, 0.29) is 16.9 Å². The molecule has 0 bridgehead atoms. The zero-order valence-corrected chi connectivity index (χ0v) is 9.09. The predicted octanol–water partition coefficient (Wildman–Crippen LogP) is 1.66. The molecule has 0 aliphatic rings. The number of isocyanates is 1. The lowest BCUT2D eigenvalue weighted by molar-refractivity contribution is -0.384. The van der Waals surface area contributed by atoms with E-state index in [1.54, 1.807) is 0 Å². The number of hydrogen-bond acceptors (Lipinski definition) is 6. The molecule has 0 saturated carbocycles. The Morgan fingerprint density at radius 3 is 2.65 bits per heavy atom. The van der Waals surface area contributed by atoms with Crippen molar-refractivity contribution >= 4 is 23.4 Å². The van der Waals surface area contributed by atoms with E-state index < -0.39 is 10.9 Å². The molecule has 1 aromatic carbocycles. The van der Waals surface area contributed by atoms with E-state index in [9.17, 15) is 19.7 Å². The Kier molecular flexibility index (Phi) is 3.69. The molecule has 0 saturated heterocycles. The van der Waals surface area contributed by atoms with E-state index in [1.165, 1.54) is 13.0 Å². The highest BCUT2D eigenvalue weighted by Gasteiger charge is 2.19. The number of esters is 1. The number of ether oxygens (including phenoxy) is 1. The maximum atomic E-state index is 11.4. The molecule has 88 valence electrons. The molecule has 7 nitrogen and oxygen atoms in total. The van der Waals surface area contributed by atoms with Gasteiger partial charge in [0.15, 0.2) is 0 Å². The predicted molar refractivity (Wildman–Crippen MR) is 57.0 cm³/mol. The zero-order valence-electron chi connectivity index (χ0n) is 9.09. The number of aliphatic imine (C=N–C) groups is 1. The Balaban J connectivity index is 3.53. The largest absolute Gasteiger partial charge is 0.465 e. The average molecular weight is 236 g/mol. The van der Waals surface area contributed by atoms with Gasteiger partial charge in [0.2, 0.25) is 6.08 Å². The summed E-state index contributed by atoms with van der Waals surface area (Å²) in [5, 5.41) is 10.6. The number of carbonyl (C=O) groups is 1. The van der Waals surface area contributed by atoms with E-state index in [4.69, 9.17) is 0 Å². The highest BCUT2D eigenvalue weighted by molar-refractivity contribution is 5.93. The summed E-state index contributed by atoms with van der Waals surface area (Å²) in [6.07, 6.45) is 1.28. The molecule has 0 fully saturated rings. The number of non-ortho nitro benzene ring substituents is 1. The number of rotatable bonds is 3. The van der Waals surface area contributed by atoms with Gasteiger partial charge in [-0.15, -0.1) is 0 Å². The molecule has 17 heavy (non-hydrogen) atoms. The average Bonchev–Trinajstić information content (AvgIpc) is 2.30. The van der Waals surface area contributed by atoms with E-state index in [0.29, 0.717) is 5.56 Å². The summed E-state index contributed by atoms with van der Waals surface area (Å²) < 4.78 is 4.48. The summed E-state index contributed by atoms with van der Waals surface area (Å²) in [6.45, 7) is 1.51. The first-order chi connectivity index (χ1) is 8.01. The van der Waals surface area contributed by atoms with Gasteiger partial charge in [0.05, 0.1) is 23.3 Å². The van der Waals surface area contributed by atoms with Crippen LogP contribution in [0.4, 0.5) is 11.4 Å². The molecular weight excluding hydrogens is 228 g/mol. The van der Waals surface area contributed by atoms with Crippen molar-refractivity contribution in [2.75, 3.05) is 7.11 Å². The Labute approximate surface area is 95.9 Å². The minimum absolute atomic E-state index is 0.00398. The van der Waals surface area contributed by atoms with Crippen LogP contribution in [-0.2, 0) is 9.53 Å². The Hall–Kier alpha value is -2.53. The number of hydrogen-bond donors (Lipinski definition) is 0. The maximum absolute atomic E-state index is 11.4. The fourth-order valence-corrected chi connectivity index (χ4v) is 1.28. The van der Waals surface area contributed by atoms with E-state index in [0.717, 1.165) is 19.2 Å². The van der Waals surface area contributed by atoms with Crippen molar-refractivity contribution in [2.24, 2.45) is 4.99 Å². The van der Waals surface area contributed by atoms with Gasteiger partial charge in [0.1, 0.15) is 0 Å². The van der Waals surface area contributed by atoms with Crippen LogP contribution in [0, 0.1) is 17.0 Å². The number of carbonyl (C=O) groups excluding carboxylic acids is 2. The van der Waals surface area contributed by atoms with Crippen LogP contribution in [-0.4, -0.2) is 24.1 Å². The molecule has 0 radical (unpaired) electrons. The van der Waals surface area contributed by atoms with Crippen LogP contribution < -0.4 is 0 Å². The van der Waals surface area contributed by atoms with E-state index in [2.05, 4.69) is 9.73 Å². The molecule has 0 unspecified atom stereocenters. The standard InChI is InChI=1S/C10H8N2O5/c1-6-8(10(14)17-2)3-7(12(15)16)4-9(6)11-5-13/h3-4H,1-2H3. The summed E-state index contributed by atoms with van der Waals surface area (Å²) in [6, 6.07) is 2.16. The van der Waals surface area contributed by atoms with Crippen LogP contribution >= 0.6 is 0 Å². The van der Waals surface area contributed by atoms with Crippen molar-refractivity contribution in [3.8, 4) is 0 Å². The molecule has 0 atom stereocenters. The van der Waals surface area contributed by atoms with Gasteiger partial charge < -0.3 is 4.74 Å². The molecule has 7 heteroatoms. The van der Waals surface area contributed by atoms with Gasteiger partial charge in [-0.2, -0.15) is 4.99 Å². The van der Waals surface area contributed by atoms with Gasteiger partial charge in [0, 0.05) is 12.1 Å². The third-order valence-corrected chi connectivity index (χ3v) is 2.15. The van der Waals surface area contributed by atoms with Crippen LogP contribution in [0.15, 0.2) is 17.1 Å². The summed E-state index contributed by atoms with van der Waals surface area (Å²) in [4.78, 5) is 34.8. The second-order valence-corrected chi connectivity index (χ2v) is 3.09. The first-order valence-electron chi connectivity index (χ1n) is 4.46. The molecule has 1 rings (SSSR count). The third-order valence-electron chi connectivity index (χ3n) is 2.15. The highest BCUT2D eigenvalue weighted by Crippen LogP contribution is 2.28. The molecule has 0 aliphatic heterocycles. The van der Waals surface area contributed by atoms with Gasteiger partial charge in [-0.1, -0.05) is 0 Å². The monoisotopic (exact) mass is 236 g/mol. The van der Waals surface area contributed by atoms with Crippen molar-refractivity contribution in [1.29, 1.82) is 0 Å². The number of nitro groups is 1. The summed E-state index contributed by atoms with van der Waals surface area (Å²) in [5.74, 6) is -0.728. The Morgan fingerprint density at radius 1 is 1.53 bits per heavy atom. The lowest BCUT2D eigenvalue weighted by Crippen LogP contribution is -2.05. The fourth-order valence-electron chi connectivity index (χ4n) is 1.28. The second-order valence-electron chi connectivity index (χ2n) is 3.09. The lowest BCUT2D eigenvalue weighted by Gasteiger charge is -2.05. The Bertz CT molecular complexity index is 532. The van der Waals surface area contributed by atoms with Crippen LogP contribution in [0.2, 0.25) is 0 Å². The Morgan fingerprint density at radius 2 is 2.18 bits per heavy atom. The zero-order chi connectivity index (χ0) is 13.0. The van der Waals surface area contributed by atoms with Gasteiger partial charge >= 0.3 is 5.97 Å². The second kappa shape index (κ2) is 5.00. The van der Waals surface area contributed by atoms with Crippen LogP contribution in [0.1, 0.15) is 15.9 Å². The molecule has 0 amide bonds.